The van der Waals surface area contributed by atoms with Crippen LogP contribution in [0.4, 0.5) is 0 Å². The van der Waals surface area contributed by atoms with Crippen molar-refractivity contribution in [2.75, 3.05) is 13.2 Å². The van der Waals surface area contributed by atoms with Gasteiger partial charge in [0.2, 0.25) is 0 Å². The molecule has 0 N–H and O–H groups in total. The summed E-state index contributed by atoms with van der Waals surface area (Å²) in [6.07, 6.45) is 60.2. The number of ether oxygens (including phenoxy) is 3. The van der Waals surface area contributed by atoms with Gasteiger partial charge in [0.15, 0.2) is 6.10 Å². The molecule has 0 aliphatic rings. The van der Waals surface area contributed by atoms with Crippen molar-refractivity contribution in [1.29, 1.82) is 0 Å². The molecule has 0 rings (SSSR count). The summed E-state index contributed by atoms with van der Waals surface area (Å²) in [6, 6.07) is 0. The monoisotopic (exact) mass is 887 g/mol. The van der Waals surface area contributed by atoms with Crippen molar-refractivity contribution in [3.8, 4) is 0 Å². The second-order valence-corrected chi connectivity index (χ2v) is 18.9. The fraction of sp³-hybridized carbons (Fsp3) is 0.877. The van der Waals surface area contributed by atoms with Gasteiger partial charge in [0, 0.05) is 19.3 Å². The fourth-order valence-electron chi connectivity index (χ4n) is 8.24. The fourth-order valence-corrected chi connectivity index (χ4v) is 8.24. The molecule has 0 saturated heterocycles. The van der Waals surface area contributed by atoms with Crippen LogP contribution in [0.15, 0.2) is 24.3 Å². The number of hydrogen-bond donors (Lipinski definition) is 0. The molecule has 0 amide bonds. The van der Waals surface area contributed by atoms with Crippen molar-refractivity contribution >= 4 is 17.9 Å². The van der Waals surface area contributed by atoms with Crippen LogP contribution in [-0.4, -0.2) is 37.2 Å². The van der Waals surface area contributed by atoms with Gasteiger partial charge in [-0.05, 0) is 51.4 Å². The molecule has 0 heterocycles. The molecule has 0 aromatic heterocycles. The van der Waals surface area contributed by atoms with E-state index in [2.05, 4.69) is 45.1 Å². The molecule has 0 fully saturated rings. The number of hydrogen-bond acceptors (Lipinski definition) is 6. The van der Waals surface area contributed by atoms with E-state index >= 15 is 0 Å². The summed E-state index contributed by atoms with van der Waals surface area (Å²) in [5.74, 6) is -0.867. The number of carbonyl (C=O) groups is 3. The van der Waals surface area contributed by atoms with Gasteiger partial charge in [0.1, 0.15) is 13.2 Å². The molecular weight excluding hydrogens is 781 g/mol. The lowest BCUT2D eigenvalue weighted by atomic mass is 10.0. The van der Waals surface area contributed by atoms with Crippen LogP contribution >= 0.6 is 0 Å². The molecule has 6 nitrogen and oxygen atoms in total. The van der Waals surface area contributed by atoms with Gasteiger partial charge in [-0.25, -0.2) is 0 Å². The normalized spacial score (nSPS) is 12.1. The number of rotatable bonds is 51. The van der Waals surface area contributed by atoms with Crippen LogP contribution in [0.2, 0.25) is 0 Å². The summed E-state index contributed by atoms with van der Waals surface area (Å²) in [6.45, 7) is 6.64. The maximum absolute atomic E-state index is 12.8. The van der Waals surface area contributed by atoms with Gasteiger partial charge in [-0.3, -0.25) is 14.4 Å². The van der Waals surface area contributed by atoms with Gasteiger partial charge in [0.25, 0.3) is 0 Å². The molecule has 0 aliphatic carbocycles. The van der Waals surface area contributed by atoms with Crippen LogP contribution in [0.25, 0.3) is 0 Å². The first-order valence-corrected chi connectivity index (χ1v) is 27.8. The highest BCUT2D eigenvalue weighted by Gasteiger charge is 2.19. The summed E-state index contributed by atoms with van der Waals surface area (Å²) in [5.41, 5.74) is 0. The highest BCUT2D eigenvalue weighted by Crippen LogP contribution is 2.17. The molecular formula is C57H106O6. The molecule has 0 spiro atoms. The molecule has 0 bridgehead atoms. The Kier molecular flexibility index (Phi) is 50.8. The number of allylic oxidation sites excluding steroid dienone is 4. The maximum atomic E-state index is 12.8. The van der Waals surface area contributed by atoms with E-state index in [0.717, 1.165) is 77.0 Å². The molecule has 63 heavy (non-hydrogen) atoms. The SMILES string of the molecule is CCCCC/C=C\C/C=C\CCCCCCCC(=O)OC(COC(=O)CCCCCCCCCCCCCCC)COC(=O)CCCCCCCCCCCCCCCCCCC. The van der Waals surface area contributed by atoms with Crippen LogP contribution in [0.5, 0.6) is 0 Å². The zero-order chi connectivity index (χ0) is 45.8. The Morgan fingerprint density at radius 2 is 0.571 bits per heavy atom. The van der Waals surface area contributed by atoms with E-state index in [4.69, 9.17) is 14.2 Å². The van der Waals surface area contributed by atoms with E-state index in [9.17, 15) is 14.4 Å². The maximum Gasteiger partial charge on any atom is 0.306 e. The first kappa shape index (κ1) is 60.9. The largest absolute Gasteiger partial charge is 0.462 e. The average Bonchev–Trinajstić information content (AvgIpc) is 3.28. The third-order valence-electron chi connectivity index (χ3n) is 12.5. The molecule has 0 saturated carbocycles. The highest BCUT2D eigenvalue weighted by atomic mass is 16.6. The first-order valence-electron chi connectivity index (χ1n) is 27.8. The van der Waals surface area contributed by atoms with E-state index in [1.807, 2.05) is 0 Å². The molecule has 1 unspecified atom stereocenters. The van der Waals surface area contributed by atoms with Crippen molar-refractivity contribution in [2.45, 2.75) is 309 Å². The molecule has 0 aromatic carbocycles. The summed E-state index contributed by atoms with van der Waals surface area (Å²) >= 11 is 0. The quantitative estimate of drug-likeness (QED) is 0.0262. The molecule has 0 aromatic rings. The van der Waals surface area contributed by atoms with Gasteiger partial charge >= 0.3 is 17.9 Å². The smallest absolute Gasteiger partial charge is 0.306 e. The van der Waals surface area contributed by atoms with Gasteiger partial charge in [-0.1, -0.05) is 257 Å². The highest BCUT2D eigenvalue weighted by molar-refractivity contribution is 5.71. The van der Waals surface area contributed by atoms with E-state index in [-0.39, 0.29) is 31.1 Å². The van der Waals surface area contributed by atoms with Crippen molar-refractivity contribution in [1.82, 2.24) is 0 Å². The van der Waals surface area contributed by atoms with Crippen molar-refractivity contribution < 1.29 is 28.6 Å². The van der Waals surface area contributed by atoms with Crippen LogP contribution in [0, 0.1) is 0 Å². The first-order chi connectivity index (χ1) is 31.0. The standard InChI is InChI=1S/C57H106O6/c1-4-7-10-13-16-19-22-25-27-28-30-32-35-38-41-44-47-50-56(59)62-53-54(52-61-55(58)49-46-43-40-37-34-31-24-21-18-15-12-9-6-3)63-57(60)51-48-45-42-39-36-33-29-26-23-20-17-14-11-8-5-2/h17,20,26,29,54H,4-16,18-19,21-25,27-28,30-53H2,1-3H3/b20-17-,29-26-. The lowest BCUT2D eigenvalue weighted by molar-refractivity contribution is -0.167. The Morgan fingerprint density at radius 1 is 0.317 bits per heavy atom. The Bertz CT molecular complexity index is 1020. The summed E-state index contributed by atoms with van der Waals surface area (Å²) in [7, 11) is 0. The predicted octanol–water partition coefficient (Wildman–Crippen LogP) is 18.3. The van der Waals surface area contributed by atoms with E-state index in [0.29, 0.717) is 19.3 Å². The average molecular weight is 887 g/mol. The zero-order valence-corrected chi connectivity index (χ0v) is 42.4. The van der Waals surface area contributed by atoms with Crippen molar-refractivity contribution in [2.24, 2.45) is 0 Å². The van der Waals surface area contributed by atoms with Crippen molar-refractivity contribution in [3.05, 3.63) is 24.3 Å². The number of esters is 3. The van der Waals surface area contributed by atoms with Crippen molar-refractivity contribution in [3.63, 3.8) is 0 Å². The van der Waals surface area contributed by atoms with Crippen LogP contribution < -0.4 is 0 Å². The lowest BCUT2D eigenvalue weighted by Gasteiger charge is -2.18. The zero-order valence-electron chi connectivity index (χ0n) is 42.4. The van der Waals surface area contributed by atoms with E-state index in [1.54, 1.807) is 0 Å². The van der Waals surface area contributed by atoms with E-state index < -0.39 is 6.10 Å². The number of carbonyl (C=O) groups excluding carboxylic acids is 3. The minimum Gasteiger partial charge on any atom is -0.462 e. The minimum absolute atomic E-state index is 0.0717. The van der Waals surface area contributed by atoms with Gasteiger partial charge in [0.05, 0.1) is 0 Å². The Labute approximate surface area is 392 Å². The van der Waals surface area contributed by atoms with Crippen LogP contribution in [0.1, 0.15) is 303 Å². The summed E-state index contributed by atoms with van der Waals surface area (Å²) in [5, 5.41) is 0. The Hall–Kier alpha value is -2.11. The summed E-state index contributed by atoms with van der Waals surface area (Å²) < 4.78 is 16.8. The minimum atomic E-state index is -0.773. The molecule has 0 radical (unpaired) electrons. The Morgan fingerprint density at radius 3 is 0.905 bits per heavy atom. The second kappa shape index (κ2) is 52.5. The van der Waals surface area contributed by atoms with Crippen LogP contribution in [0.3, 0.4) is 0 Å². The predicted molar refractivity (Wildman–Crippen MR) is 270 cm³/mol. The molecule has 370 valence electrons. The third-order valence-corrected chi connectivity index (χ3v) is 12.5. The summed E-state index contributed by atoms with van der Waals surface area (Å²) in [4.78, 5) is 38.1. The van der Waals surface area contributed by atoms with Gasteiger partial charge in [-0.15, -0.1) is 0 Å². The van der Waals surface area contributed by atoms with E-state index in [1.165, 1.54) is 186 Å². The Balaban J connectivity index is 4.33. The molecule has 1 atom stereocenters. The topological polar surface area (TPSA) is 78.9 Å². The van der Waals surface area contributed by atoms with Gasteiger partial charge < -0.3 is 14.2 Å². The molecule has 6 heteroatoms. The van der Waals surface area contributed by atoms with Gasteiger partial charge in [-0.2, -0.15) is 0 Å². The molecule has 0 aliphatic heterocycles. The lowest BCUT2D eigenvalue weighted by Crippen LogP contribution is -2.30. The second-order valence-electron chi connectivity index (χ2n) is 18.9. The van der Waals surface area contributed by atoms with Crippen LogP contribution in [-0.2, 0) is 28.6 Å². The number of unbranched alkanes of at least 4 members (excludes halogenated alkanes) is 36. The third kappa shape index (κ3) is 50.7.